The Morgan fingerprint density at radius 3 is 2.68 bits per heavy atom. The van der Waals surface area contributed by atoms with Crippen LogP contribution >= 0.6 is 0 Å². The highest BCUT2D eigenvalue weighted by atomic mass is 19.1. The van der Waals surface area contributed by atoms with Gasteiger partial charge in [0.25, 0.3) is 0 Å². The second-order valence-corrected chi connectivity index (χ2v) is 9.06. The minimum atomic E-state index is -0.373. The van der Waals surface area contributed by atoms with Crippen molar-refractivity contribution in [3.8, 4) is 16.9 Å². The molecule has 9 nitrogen and oxygen atoms in total. The van der Waals surface area contributed by atoms with Crippen molar-refractivity contribution in [2.45, 2.75) is 0 Å². The molecule has 1 fully saturated rings. The Labute approximate surface area is 215 Å². The standard InChI is InChI=1S/C27H30FN7O2/c1-34(2)10-15-37-19-7-8-23(28)22(16-19)20-4-3-5-21-25(20)32-27(33-26(21)29)31-18-6-9-24(30-17-18)35-11-13-36-14-12-35/h3-9,16-17H,10-15H2,1-2H3,(H3,29,31,32,33). The number of benzene rings is 2. The van der Waals surface area contributed by atoms with Crippen molar-refractivity contribution in [2.75, 3.05) is 69.5 Å². The smallest absolute Gasteiger partial charge is 0.229 e. The zero-order chi connectivity index (χ0) is 25.8. The van der Waals surface area contributed by atoms with Crippen LogP contribution in [0.2, 0.25) is 0 Å². The molecule has 10 heteroatoms. The highest BCUT2D eigenvalue weighted by Gasteiger charge is 2.16. The molecular weight excluding hydrogens is 473 g/mol. The van der Waals surface area contributed by atoms with Gasteiger partial charge >= 0.3 is 0 Å². The minimum absolute atomic E-state index is 0.297. The van der Waals surface area contributed by atoms with E-state index in [-0.39, 0.29) is 5.82 Å². The van der Waals surface area contributed by atoms with Crippen LogP contribution in [0.4, 0.5) is 27.7 Å². The van der Waals surface area contributed by atoms with Gasteiger partial charge in [-0.2, -0.15) is 4.98 Å². The van der Waals surface area contributed by atoms with Crippen molar-refractivity contribution >= 4 is 34.2 Å². The van der Waals surface area contributed by atoms with Crippen LogP contribution in [-0.4, -0.2) is 73.4 Å². The topological polar surface area (TPSA) is 102 Å². The number of nitrogen functional groups attached to an aromatic ring is 1. The van der Waals surface area contributed by atoms with Crippen LogP contribution in [0.5, 0.6) is 5.75 Å². The summed E-state index contributed by atoms with van der Waals surface area (Å²) in [5, 5.41) is 3.82. The van der Waals surface area contributed by atoms with Crippen molar-refractivity contribution in [3.63, 3.8) is 0 Å². The zero-order valence-electron chi connectivity index (χ0n) is 20.9. The number of para-hydroxylation sites is 1. The third-order valence-corrected chi connectivity index (χ3v) is 6.13. The summed E-state index contributed by atoms with van der Waals surface area (Å²) < 4.78 is 26.2. The third-order valence-electron chi connectivity index (χ3n) is 6.13. The average molecular weight is 504 g/mol. The summed E-state index contributed by atoms with van der Waals surface area (Å²) in [6, 6.07) is 14.1. The number of anilines is 4. The number of likely N-dealkylation sites (N-methyl/N-ethyl adjacent to an activating group) is 1. The molecule has 1 aliphatic heterocycles. The number of nitrogens with zero attached hydrogens (tertiary/aromatic N) is 5. The quantitative estimate of drug-likeness (QED) is 0.370. The predicted octanol–water partition coefficient (Wildman–Crippen LogP) is 3.93. The molecule has 1 saturated heterocycles. The fraction of sp³-hybridized carbons (Fsp3) is 0.296. The monoisotopic (exact) mass is 503 g/mol. The lowest BCUT2D eigenvalue weighted by Crippen LogP contribution is -2.36. The first-order chi connectivity index (χ1) is 18.0. The number of rotatable bonds is 8. The summed E-state index contributed by atoms with van der Waals surface area (Å²) in [5.41, 5.74) is 8.54. The molecule has 0 radical (unpaired) electrons. The van der Waals surface area contributed by atoms with Gasteiger partial charge in [0.15, 0.2) is 0 Å². The van der Waals surface area contributed by atoms with E-state index in [1.165, 1.54) is 6.07 Å². The van der Waals surface area contributed by atoms with Crippen LogP contribution in [0, 0.1) is 5.82 Å². The van der Waals surface area contributed by atoms with E-state index < -0.39 is 0 Å². The molecule has 5 rings (SSSR count). The number of hydrogen-bond acceptors (Lipinski definition) is 9. The highest BCUT2D eigenvalue weighted by molar-refractivity contribution is 5.99. The number of hydrogen-bond donors (Lipinski definition) is 2. The Balaban J connectivity index is 1.44. The van der Waals surface area contributed by atoms with E-state index in [4.69, 9.17) is 20.2 Å². The number of halogens is 1. The number of nitrogens with one attached hydrogen (secondary N) is 1. The van der Waals surface area contributed by atoms with Crippen LogP contribution in [0.15, 0.2) is 54.7 Å². The van der Waals surface area contributed by atoms with E-state index in [1.807, 2.05) is 49.3 Å². The van der Waals surface area contributed by atoms with Crippen LogP contribution in [0.1, 0.15) is 0 Å². The van der Waals surface area contributed by atoms with Crippen molar-refractivity contribution in [1.29, 1.82) is 0 Å². The van der Waals surface area contributed by atoms with E-state index in [0.717, 1.165) is 31.1 Å². The van der Waals surface area contributed by atoms with E-state index in [9.17, 15) is 4.39 Å². The van der Waals surface area contributed by atoms with Crippen LogP contribution < -0.4 is 20.7 Å². The van der Waals surface area contributed by atoms with Crippen molar-refractivity contribution in [2.24, 2.45) is 0 Å². The van der Waals surface area contributed by atoms with Crippen LogP contribution in [0.25, 0.3) is 22.0 Å². The van der Waals surface area contributed by atoms with Crippen molar-refractivity contribution in [3.05, 3.63) is 60.5 Å². The van der Waals surface area contributed by atoms with Gasteiger partial charge in [-0.15, -0.1) is 0 Å². The summed E-state index contributed by atoms with van der Waals surface area (Å²) in [6.07, 6.45) is 1.73. The van der Waals surface area contributed by atoms with Gasteiger partial charge in [0.1, 0.15) is 29.8 Å². The second-order valence-electron chi connectivity index (χ2n) is 9.06. The summed E-state index contributed by atoms with van der Waals surface area (Å²) >= 11 is 0. The molecule has 0 spiro atoms. The van der Waals surface area contributed by atoms with Gasteiger partial charge in [-0.05, 0) is 50.5 Å². The average Bonchev–Trinajstić information content (AvgIpc) is 2.90. The molecule has 0 atom stereocenters. The third kappa shape index (κ3) is 5.71. The minimum Gasteiger partial charge on any atom is -0.492 e. The summed E-state index contributed by atoms with van der Waals surface area (Å²) in [7, 11) is 3.94. The van der Waals surface area contributed by atoms with Crippen LogP contribution in [0.3, 0.4) is 0 Å². The van der Waals surface area contributed by atoms with Crippen LogP contribution in [-0.2, 0) is 4.74 Å². The van der Waals surface area contributed by atoms with Gasteiger partial charge < -0.3 is 30.3 Å². The van der Waals surface area contributed by atoms with Gasteiger partial charge in [0.2, 0.25) is 5.95 Å². The van der Waals surface area contributed by atoms with E-state index in [2.05, 4.69) is 20.2 Å². The van der Waals surface area contributed by atoms with Gasteiger partial charge in [-0.25, -0.2) is 14.4 Å². The Morgan fingerprint density at radius 2 is 1.92 bits per heavy atom. The fourth-order valence-corrected chi connectivity index (χ4v) is 4.16. The van der Waals surface area contributed by atoms with E-state index in [0.29, 0.717) is 59.4 Å². The summed E-state index contributed by atoms with van der Waals surface area (Å²) in [6.45, 7) is 4.26. The first-order valence-corrected chi connectivity index (χ1v) is 12.2. The number of aromatic nitrogens is 3. The number of pyridine rings is 1. The van der Waals surface area contributed by atoms with Gasteiger partial charge in [0, 0.05) is 36.1 Å². The first kappa shape index (κ1) is 24.7. The molecule has 192 valence electrons. The zero-order valence-corrected chi connectivity index (χ0v) is 20.9. The lowest BCUT2D eigenvalue weighted by atomic mass is 10.0. The molecule has 3 heterocycles. The van der Waals surface area contributed by atoms with Crippen molar-refractivity contribution in [1.82, 2.24) is 19.9 Å². The molecule has 3 N–H and O–H groups in total. The Morgan fingerprint density at radius 1 is 1.08 bits per heavy atom. The molecule has 0 saturated carbocycles. The molecular formula is C27H30FN7O2. The number of ether oxygens (including phenoxy) is 2. The molecule has 2 aromatic heterocycles. The van der Waals surface area contributed by atoms with E-state index >= 15 is 0 Å². The molecule has 37 heavy (non-hydrogen) atoms. The first-order valence-electron chi connectivity index (χ1n) is 12.2. The maximum atomic E-state index is 15.0. The SMILES string of the molecule is CN(C)CCOc1ccc(F)c(-c2cccc3c(N)nc(Nc4ccc(N5CCOCC5)nc4)nc23)c1. The predicted molar refractivity (Wildman–Crippen MR) is 144 cm³/mol. The Bertz CT molecular complexity index is 1380. The Hall–Kier alpha value is -4.02. The number of fused-ring (bicyclic) bond motifs is 1. The molecule has 1 aliphatic rings. The molecule has 2 aromatic carbocycles. The maximum absolute atomic E-state index is 15.0. The summed E-state index contributed by atoms with van der Waals surface area (Å²) in [5.74, 6) is 1.70. The largest absolute Gasteiger partial charge is 0.492 e. The summed E-state index contributed by atoms with van der Waals surface area (Å²) in [4.78, 5) is 17.9. The Kier molecular flexibility index (Phi) is 7.29. The fourth-order valence-electron chi connectivity index (χ4n) is 4.16. The lowest BCUT2D eigenvalue weighted by molar-refractivity contribution is 0.122. The van der Waals surface area contributed by atoms with Gasteiger partial charge in [-0.3, -0.25) is 0 Å². The number of nitrogens with two attached hydrogens (primary N) is 1. The number of morpholine rings is 1. The molecule has 4 aromatic rings. The highest BCUT2D eigenvalue weighted by Crippen LogP contribution is 2.34. The van der Waals surface area contributed by atoms with Gasteiger partial charge in [0.05, 0.1) is 30.6 Å². The maximum Gasteiger partial charge on any atom is 0.229 e. The molecule has 0 bridgehead atoms. The molecule has 0 unspecified atom stereocenters. The molecule has 0 amide bonds. The van der Waals surface area contributed by atoms with E-state index in [1.54, 1.807) is 18.3 Å². The molecule has 0 aliphatic carbocycles. The second kappa shape index (κ2) is 10.9. The van der Waals surface area contributed by atoms with Crippen molar-refractivity contribution < 1.29 is 13.9 Å². The lowest BCUT2D eigenvalue weighted by Gasteiger charge is -2.27. The van der Waals surface area contributed by atoms with Gasteiger partial charge in [-0.1, -0.05) is 12.1 Å². The normalized spacial score (nSPS) is 13.8.